The molecule has 0 aliphatic carbocycles. The number of benzene rings is 2. The lowest BCUT2D eigenvalue weighted by Gasteiger charge is -2.13. The molecule has 136 valence electrons. The molecule has 0 bridgehead atoms. The van der Waals surface area contributed by atoms with E-state index in [2.05, 4.69) is 0 Å². The molecule has 0 radical (unpaired) electrons. The van der Waals surface area contributed by atoms with E-state index < -0.39 is 17.5 Å². The minimum atomic E-state index is -0.764. The summed E-state index contributed by atoms with van der Waals surface area (Å²) in [6.07, 6.45) is 0. The van der Waals surface area contributed by atoms with E-state index in [9.17, 15) is 19.7 Å². The number of esters is 1. The summed E-state index contributed by atoms with van der Waals surface area (Å²) < 4.78 is 5.07. The monoisotopic (exact) mass is 355 g/mol. The molecule has 0 unspecified atom stereocenters. The molecule has 0 saturated heterocycles. The first-order valence-corrected chi connectivity index (χ1v) is 8.16. The number of carbonyl (C=O) groups excluding carboxylic acids is 2. The second kappa shape index (κ2) is 7.47. The van der Waals surface area contributed by atoms with Crippen molar-refractivity contribution in [2.24, 2.45) is 0 Å². The van der Waals surface area contributed by atoms with Gasteiger partial charge in [0.2, 0.25) is 5.78 Å². The summed E-state index contributed by atoms with van der Waals surface area (Å²) in [7, 11) is 0. The summed E-state index contributed by atoms with van der Waals surface area (Å²) in [6.45, 7) is 8.91. The Morgan fingerprint density at radius 3 is 2.23 bits per heavy atom. The molecule has 6 heteroatoms. The lowest BCUT2D eigenvalue weighted by Crippen LogP contribution is -2.16. The van der Waals surface area contributed by atoms with Gasteiger partial charge in [-0.1, -0.05) is 6.07 Å². The van der Waals surface area contributed by atoms with E-state index in [4.69, 9.17) is 4.74 Å². The predicted octanol–water partition coefficient (Wildman–Crippen LogP) is 4.18. The molecule has 0 fully saturated rings. The third kappa shape index (κ3) is 3.79. The topological polar surface area (TPSA) is 86.5 Å². The Labute approximate surface area is 151 Å². The molecular weight excluding hydrogens is 334 g/mol. The fourth-order valence-corrected chi connectivity index (χ4v) is 2.73. The minimum absolute atomic E-state index is 0.0445. The Kier molecular flexibility index (Phi) is 5.55. The van der Waals surface area contributed by atoms with Crippen LogP contribution in [-0.2, 0) is 4.74 Å². The van der Waals surface area contributed by atoms with E-state index >= 15 is 0 Å². The van der Waals surface area contributed by atoms with E-state index in [-0.39, 0.29) is 17.0 Å². The van der Waals surface area contributed by atoms with E-state index in [0.29, 0.717) is 11.1 Å². The Balaban J connectivity index is 2.17. The maximum absolute atomic E-state index is 12.5. The number of hydrogen-bond acceptors (Lipinski definition) is 5. The lowest BCUT2D eigenvalue weighted by atomic mass is 9.93. The smallest absolute Gasteiger partial charge is 0.338 e. The van der Waals surface area contributed by atoms with Gasteiger partial charge in [0.1, 0.15) is 0 Å². The molecule has 0 heterocycles. The van der Waals surface area contributed by atoms with E-state index in [1.165, 1.54) is 12.1 Å². The molecular formula is C20H21NO5. The number of nitro groups is 1. The van der Waals surface area contributed by atoms with E-state index in [1.54, 1.807) is 13.0 Å². The number of Topliss-reactive ketones (excluding diaryl/α,β-unsaturated/α-hetero) is 1. The van der Waals surface area contributed by atoms with Crippen LogP contribution in [0.4, 0.5) is 5.69 Å². The van der Waals surface area contributed by atoms with Gasteiger partial charge in [-0.25, -0.2) is 4.79 Å². The van der Waals surface area contributed by atoms with E-state index in [1.807, 2.05) is 27.7 Å². The highest BCUT2D eigenvalue weighted by Crippen LogP contribution is 2.22. The number of carbonyl (C=O) groups is 2. The minimum Gasteiger partial charge on any atom is -0.454 e. The van der Waals surface area contributed by atoms with Crippen LogP contribution in [0.1, 0.15) is 48.5 Å². The van der Waals surface area contributed by atoms with Crippen LogP contribution in [-0.4, -0.2) is 23.3 Å². The fourth-order valence-electron chi connectivity index (χ4n) is 2.73. The van der Waals surface area contributed by atoms with Crippen LogP contribution < -0.4 is 0 Å². The van der Waals surface area contributed by atoms with Crippen molar-refractivity contribution in [3.8, 4) is 0 Å². The third-order valence-electron chi connectivity index (χ3n) is 4.76. The zero-order chi connectivity index (χ0) is 19.6. The van der Waals surface area contributed by atoms with E-state index in [0.717, 1.165) is 28.3 Å². The highest BCUT2D eigenvalue weighted by molar-refractivity contribution is 6.01. The number of ketones is 1. The predicted molar refractivity (Wildman–Crippen MR) is 97.8 cm³/mol. The number of ether oxygens (including phenoxy) is 1. The zero-order valence-electron chi connectivity index (χ0n) is 15.5. The number of nitrogens with zero attached hydrogens (tertiary/aromatic N) is 1. The molecule has 0 aliphatic rings. The van der Waals surface area contributed by atoms with Crippen molar-refractivity contribution in [3.05, 3.63) is 73.3 Å². The molecule has 2 rings (SSSR count). The van der Waals surface area contributed by atoms with Crippen molar-refractivity contribution in [1.29, 1.82) is 0 Å². The van der Waals surface area contributed by atoms with Gasteiger partial charge in [-0.05, 0) is 69.0 Å². The fraction of sp³-hybridized carbons (Fsp3) is 0.300. The number of rotatable bonds is 5. The van der Waals surface area contributed by atoms with Crippen molar-refractivity contribution < 1.29 is 19.2 Å². The van der Waals surface area contributed by atoms with Crippen LogP contribution in [0.5, 0.6) is 0 Å². The van der Waals surface area contributed by atoms with Gasteiger partial charge in [-0.15, -0.1) is 0 Å². The summed E-state index contributed by atoms with van der Waals surface area (Å²) in [6, 6.07) is 5.88. The van der Waals surface area contributed by atoms with Crippen LogP contribution >= 0.6 is 0 Å². The largest absolute Gasteiger partial charge is 0.454 e. The van der Waals surface area contributed by atoms with Crippen molar-refractivity contribution in [3.63, 3.8) is 0 Å². The second-order valence-electron chi connectivity index (χ2n) is 6.37. The van der Waals surface area contributed by atoms with Crippen LogP contribution in [0.3, 0.4) is 0 Å². The molecule has 0 amide bonds. The van der Waals surface area contributed by atoms with Gasteiger partial charge in [0.15, 0.2) is 6.61 Å². The number of aryl methyl sites for hydroxylation is 2. The van der Waals surface area contributed by atoms with Crippen molar-refractivity contribution in [1.82, 2.24) is 0 Å². The first-order chi connectivity index (χ1) is 12.1. The van der Waals surface area contributed by atoms with Gasteiger partial charge in [0, 0.05) is 17.2 Å². The van der Waals surface area contributed by atoms with Gasteiger partial charge in [-0.3, -0.25) is 14.9 Å². The highest BCUT2D eigenvalue weighted by Gasteiger charge is 2.19. The molecule has 0 N–H and O–H groups in total. The standard InChI is InChI=1S/C20H21NO5/c1-11-6-7-16(9-18(11)21(24)25)20(23)26-10-19(22)17-8-12(2)13(3)14(4)15(17)5/h6-9H,10H2,1-5H3. The van der Waals surface area contributed by atoms with Crippen molar-refractivity contribution in [2.75, 3.05) is 6.61 Å². The maximum atomic E-state index is 12.5. The SMILES string of the molecule is Cc1ccc(C(=O)OCC(=O)c2cc(C)c(C)c(C)c2C)cc1[N+](=O)[O-]. The second-order valence-corrected chi connectivity index (χ2v) is 6.37. The molecule has 0 spiro atoms. The number of hydrogen-bond donors (Lipinski definition) is 0. The Bertz CT molecular complexity index is 915. The molecule has 0 atom stereocenters. The van der Waals surface area contributed by atoms with Gasteiger partial charge in [-0.2, -0.15) is 0 Å². The maximum Gasteiger partial charge on any atom is 0.338 e. The van der Waals surface area contributed by atoms with Crippen LogP contribution in [0, 0.1) is 44.7 Å². The molecule has 2 aromatic carbocycles. The lowest BCUT2D eigenvalue weighted by molar-refractivity contribution is -0.385. The van der Waals surface area contributed by atoms with Gasteiger partial charge < -0.3 is 4.74 Å². The molecule has 0 aliphatic heterocycles. The number of nitro benzene ring substituents is 1. The average Bonchev–Trinajstić information content (AvgIpc) is 2.60. The van der Waals surface area contributed by atoms with Crippen molar-refractivity contribution in [2.45, 2.75) is 34.6 Å². The van der Waals surface area contributed by atoms with Crippen molar-refractivity contribution >= 4 is 17.4 Å². The van der Waals surface area contributed by atoms with Crippen LogP contribution in [0.25, 0.3) is 0 Å². The van der Waals surface area contributed by atoms with Gasteiger partial charge in [0.05, 0.1) is 10.5 Å². The highest BCUT2D eigenvalue weighted by atomic mass is 16.6. The van der Waals surface area contributed by atoms with Gasteiger partial charge in [0.25, 0.3) is 5.69 Å². The molecule has 0 aromatic heterocycles. The zero-order valence-corrected chi connectivity index (χ0v) is 15.5. The van der Waals surface area contributed by atoms with Crippen LogP contribution in [0.15, 0.2) is 24.3 Å². The normalized spacial score (nSPS) is 10.5. The third-order valence-corrected chi connectivity index (χ3v) is 4.76. The summed E-state index contributed by atoms with van der Waals surface area (Å²) in [5, 5.41) is 11.0. The van der Waals surface area contributed by atoms with Gasteiger partial charge >= 0.3 is 5.97 Å². The summed E-state index contributed by atoms with van der Waals surface area (Å²) >= 11 is 0. The quantitative estimate of drug-likeness (QED) is 0.348. The Hall–Kier alpha value is -3.02. The summed E-state index contributed by atoms with van der Waals surface area (Å²) in [4.78, 5) is 35.0. The summed E-state index contributed by atoms with van der Waals surface area (Å²) in [5.74, 6) is -1.07. The molecule has 2 aromatic rings. The average molecular weight is 355 g/mol. The Morgan fingerprint density at radius 1 is 0.962 bits per heavy atom. The Morgan fingerprint density at radius 2 is 1.62 bits per heavy atom. The first-order valence-electron chi connectivity index (χ1n) is 8.16. The molecule has 26 heavy (non-hydrogen) atoms. The molecule has 0 saturated carbocycles. The first kappa shape index (κ1) is 19.3. The summed E-state index contributed by atoms with van der Waals surface area (Å²) in [5.41, 5.74) is 4.88. The van der Waals surface area contributed by atoms with Crippen LogP contribution in [0.2, 0.25) is 0 Å². The molecule has 6 nitrogen and oxygen atoms in total.